The molecule has 1 aliphatic rings. The lowest BCUT2D eigenvalue weighted by molar-refractivity contribution is 0.0143. The van der Waals surface area contributed by atoms with Gasteiger partial charge in [0.05, 0.1) is 30.0 Å². The van der Waals surface area contributed by atoms with E-state index in [-0.39, 0.29) is 16.2 Å². The molecule has 1 fully saturated rings. The number of ether oxygens (including phenoxy) is 1. The van der Waals surface area contributed by atoms with E-state index in [0.29, 0.717) is 36.4 Å². The van der Waals surface area contributed by atoms with Crippen molar-refractivity contribution in [2.75, 3.05) is 32.8 Å². The second kappa shape index (κ2) is 10.1. The summed E-state index contributed by atoms with van der Waals surface area (Å²) in [6.07, 6.45) is -0.726. The highest BCUT2D eigenvalue weighted by Gasteiger charge is 2.19. The molecule has 1 heterocycles. The van der Waals surface area contributed by atoms with Crippen molar-refractivity contribution in [2.24, 2.45) is 0 Å². The lowest BCUT2D eigenvalue weighted by atomic mass is 10.1. The lowest BCUT2D eigenvalue weighted by Gasteiger charge is -2.28. The van der Waals surface area contributed by atoms with Crippen LogP contribution in [-0.2, 0) is 20.3 Å². The minimum Gasteiger partial charge on any atom is -0.387 e. The third-order valence-electron chi connectivity index (χ3n) is 5.68. The molecule has 0 spiro atoms. The largest absolute Gasteiger partial charge is 0.387 e. The molecule has 1 saturated heterocycles. The van der Waals surface area contributed by atoms with Gasteiger partial charge in [0.15, 0.2) is 9.84 Å². The van der Waals surface area contributed by atoms with Gasteiger partial charge in [-0.3, -0.25) is 4.90 Å². The van der Waals surface area contributed by atoms with E-state index < -0.39 is 27.6 Å². The Balaban J connectivity index is 1.47. The lowest BCUT2D eigenvalue weighted by Crippen LogP contribution is -2.38. The minimum absolute atomic E-state index is 0.105. The molecule has 3 aromatic rings. The number of aliphatic hydroxyl groups is 1. The molecule has 0 aliphatic carbocycles. The molecular weight excluding hydrogens is 448 g/mol. The van der Waals surface area contributed by atoms with E-state index in [1.807, 2.05) is 0 Å². The maximum atomic E-state index is 14.0. The third kappa shape index (κ3) is 5.83. The number of β-amino-alcohol motifs (C(OH)–C–C–N with tert-alkyl or cyclic N) is 1. The first-order valence-electron chi connectivity index (χ1n) is 10.7. The second-order valence-electron chi connectivity index (χ2n) is 8.08. The number of morpholine rings is 1. The smallest absolute Gasteiger partial charge is 0.182 e. The maximum Gasteiger partial charge on any atom is 0.182 e. The van der Waals surface area contributed by atoms with Crippen LogP contribution >= 0.6 is 0 Å². The molecule has 5 nitrogen and oxygen atoms in total. The van der Waals surface area contributed by atoms with E-state index in [1.54, 1.807) is 24.3 Å². The van der Waals surface area contributed by atoms with Crippen molar-refractivity contribution in [3.05, 3.63) is 89.5 Å². The van der Waals surface area contributed by atoms with Gasteiger partial charge in [-0.25, -0.2) is 17.2 Å². The van der Waals surface area contributed by atoms with Gasteiger partial charge in [0.2, 0.25) is 0 Å². The summed E-state index contributed by atoms with van der Waals surface area (Å²) < 4.78 is 58.4. The topological polar surface area (TPSA) is 66.8 Å². The Hall–Kier alpha value is -2.65. The van der Waals surface area contributed by atoms with Crippen LogP contribution < -0.4 is 0 Å². The number of hydrogen-bond donors (Lipinski definition) is 1. The zero-order valence-corrected chi connectivity index (χ0v) is 18.8. The summed E-state index contributed by atoms with van der Waals surface area (Å²) in [6.45, 7) is 3.24. The first kappa shape index (κ1) is 23.5. The summed E-state index contributed by atoms with van der Waals surface area (Å²) in [5.41, 5.74) is 1.89. The van der Waals surface area contributed by atoms with E-state index in [2.05, 4.69) is 4.90 Å². The van der Waals surface area contributed by atoms with E-state index in [1.165, 1.54) is 30.3 Å². The van der Waals surface area contributed by atoms with E-state index in [0.717, 1.165) is 25.2 Å². The van der Waals surface area contributed by atoms with Crippen LogP contribution in [0.2, 0.25) is 0 Å². The predicted molar refractivity (Wildman–Crippen MR) is 121 cm³/mol. The Kier molecular flexibility index (Phi) is 7.19. The average molecular weight is 474 g/mol. The van der Waals surface area contributed by atoms with Crippen LogP contribution in [0.25, 0.3) is 11.1 Å². The minimum atomic E-state index is -3.66. The standard InChI is InChI=1S/C25H25F2NO4S/c26-21-6-9-23(24(27)15-21)19-4-7-22(8-5-19)33(30,31)17-18-2-1-3-20(14-18)25(29)16-28-10-12-32-13-11-28/h1-9,14-15,25,29H,10-13,16-17H2. The van der Waals surface area contributed by atoms with Gasteiger partial charge >= 0.3 is 0 Å². The Labute approximate surface area is 192 Å². The first-order chi connectivity index (χ1) is 15.8. The van der Waals surface area contributed by atoms with Gasteiger partial charge in [-0.2, -0.15) is 0 Å². The fraction of sp³-hybridized carbons (Fsp3) is 0.280. The van der Waals surface area contributed by atoms with E-state index in [9.17, 15) is 22.3 Å². The monoisotopic (exact) mass is 473 g/mol. The Morgan fingerprint density at radius 1 is 0.970 bits per heavy atom. The van der Waals surface area contributed by atoms with Gasteiger partial charge in [-0.15, -0.1) is 0 Å². The zero-order valence-electron chi connectivity index (χ0n) is 18.0. The van der Waals surface area contributed by atoms with Crippen LogP contribution in [0.5, 0.6) is 0 Å². The summed E-state index contributed by atoms with van der Waals surface area (Å²) in [5, 5.41) is 10.6. The van der Waals surface area contributed by atoms with Crippen molar-refractivity contribution in [2.45, 2.75) is 16.8 Å². The summed E-state index contributed by atoms with van der Waals surface area (Å²) in [5.74, 6) is -1.61. The molecule has 4 rings (SSSR count). The van der Waals surface area contributed by atoms with Crippen LogP contribution in [0.1, 0.15) is 17.2 Å². The highest BCUT2D eigenvalue weighted by atomic mass is 32.2. The van der Waals surface area contributed by atoms with Crippen LogP contribution in [0, 0.1) is 11.6 Å². The molecule has 8 heteroatoms. The van der Waals surface area contributed by atoms with Crippen molar-refractivity contribution >= 4 is 9.84 Å². The number of halogens is 2. The van der Waals surface area contributed by atoms with E-state index in [4.69, 9.17) is 4.74 Å². The normalized spacial score (nSPS) is 16.0. The zero-order chi connectivity index (χ0) is 23.4. The number of benzene rings is 3. The Morgan fingerprint density at radius 2 is 1.70 bits per heavy atom. The third-order valence-corrected chi connectivity index (χ3v) is 7.39. The number of nitrogens with zero attached hydrogens (tertiary/aromatic N) is 1. The maximum absolute atomic E-state index is 14.0. The molecule has 1 atom stereocenters. The predicted octanol–water partition coefficient (Wildman–Crippen LogP) is 3.97. The van der Waals surface area contributed by atoms with Crippen molar-refractivity contribution < 1.29 is 27.0 Å². The van der Waals surface area contributed by atoms with Gasteiger partial charge in [0.1, 0.15) is 11.6 Å². The molecule has 0 saturated carbocycles. The number of aliphatic hydroxyl groups excluding tert-OH is 1. The molecule has 1 N–H and O–H groups in total. The van der Waals surface area contributed by atoms with Gasteiger partial charge in [-0.05, 0) is 41.0 Å². The highest BCUT2D eigenvalue weighted by Crippen LogP contribution is 2.26. The van der Waals surface area contributed by atoms with Crippen molar-refractivity contribution in [1.29, 1.82) is 0 Å². The molecule has 0 amide bonds. The Bertz CT molecular complexity index is 1210. The van der Waals surface area contributed by atoms with Crippen molar-refractivity contribution in [1.82, 2.24) is 4.90 Å². The van der Waals surface area contributed by atoms with Crippen LogP contribution in [0.4, 0.5) is 8.78 Å². The average Bonchev–Trinajstić information content (AvgIpc) is 2.80. The summed E-state index contributed by atoms with van der Waals surface area (Å²) in [6, 6.07) is 16.1. The molecule has 0 radical (unpaired) electrons. The Morgan fingerprint density at radius 3 is 2.39 bits per heavy atom. The van der Waals surface area contributed by atoms with Crippen LogP contribution in [0.3, 0.4) is 0 Å². The molecule has 3 aromatic carbocycles. The van der Waals surface area contributed by atoms with Crippen molar-refractivity contribution in [3.8, 4) is 11.1 Å². The molecule has 0 bridgehead atoms. The quantitative estimate of drug-likeness (QED) is 0.563. The SMILES string of the molecule is O=S(=O)(Cc1cccc(C(O)CN2CCOCC2)c1)c1ccc(-c2ccc(F)cc2F)cc1. The first-order valence-corrected chi connectivity index (χ1v) is 12.3. The van der Waals surface area contributed by atoms with Gasteiger partial charge in [-0.1, -0.05) is 36.4 Å². The number of sulfone groups is 1. The molecular formula is C25H25F2NO4S. The summed E-state index contributed by atoms with van der Waals surface area (Å²) >= 11 is 0. The number of rotatable bonds is 7. The van der Waals surface area contributed by atoms with Gasteiger partial charge in [0.25, 0.3) is 0 Å². The summed E-state index contributed by atoms with van der Waals surface area (Å²) in [4.78, 5) is 2.22. The molecule has 1 aliphatic heterocycles. The second-order valence-corrected chi connectivity index (χ2v) is 10.1. The number of hydrogen-bond acceptors (Lipinski definition) is 5. The molecule has 174 valence electrons. The summed E-state index contributed by atoms with van der Waals surface area (Å²) in [7, 11) is -3.66. The molecule has 33 heavy (non-hydrogen) atoms. The van der Waals surface area contributed by atoms with Crippen LogP contribution in [-0.4, -0.2) is 51.3 Å². The molecule has 1 unspecified atom stereocenters. The van der Waals surface area contributed by atoms with Crippen molar-refractivity contribution in [3.63, 3.8) is 0 Å². The fourth-order valence-corrected chi connectivity index (χ4v) is 5.23. The van der Waals surface area contributed by atoms with Gasteiger partial charge in [0, 0.05) is 31.3 Å². The highest BCUT2D eigenvalue weighted by molar-refractivity contribution is 7.90. The van der Waals surface area contributed by atoms with Crippen LogP contribution in [0.15, 0.2) is 71.6 Å². The fourth-order valence-electron chi connectivity index (χ4n) is 3.89. The van der Waals surface area contributed by atoms with Gasteiger partial charge < -0.3 is 9.84 Å². The molecule has 0 aromatic heterocycles. The van der Waals surface area contributed by atoms with E-state index >= 15 is 0 Å².